The van der Waals surface area contributed by atoms with Crippen molar-refractivity contribution in [2.75, 3.05) is 37.8 Å². The van der Waals surface area contributed by atoms with Gasteiger partial charge in [0.1, 0.15) is 6.61 Å². The molecule has 0 spiro atoms. The zero-order chi connectivity index (χ0) is 14.6. The van der Waals surface area contributed by atoms with Crippen molar-refractivity contribution in [2.24, 2.45) is 0 Å². The molecular formula is C10H12ClF3N4O2. The molecule has 20 heavy (non-hydrogen) atoms. The number of hydrogen-bond acceptors (Lipinski definition) is 6. The minimum Gasteiger partial charge on any atom is -0.463 e. The van der Waals surface area contributed by atoms with E-state index in [9.17, 15) is 13.2 Å². The smallest absolute Gasteiger partial charge is 0.392 e. The molecule has 0 atom stereocenters. The molecule has 0 bridgehead atoms. The van der Waals surface area contributed by atoms with E-state index in [-0.39, 0.29) is 17.2 Å². The average molecular weight is 313 g/mol. The van der Waals surface area contributed by atoms with Gasteiger partial charge in [0.15, 0.2) is 0 Å². The molecule has 0 aliphatic carbocycles. The van der Waals surface area contributed by atoms with Crippen LogP contribution in [0, 0.1) is 0 Å². The zero-order valence-electron chi connectivity index (χ0n) is 10.4. The maximum atomic E-state index is 12.0. The Hall–Kier alpha value is -1.35. The van der Waals surface area contributed by atoms with Crippen LogP contribution in [0.5, 0.6) is 6.01 Å². The first-order chi connectivity index (χ1) is 9.44. The zero-order valence-corrected chi connectivity index (χ0v) is 11.1. The molecule has 112 valence electrons. The van der Waals surface area contributed by atoms with E-state index in [0.717, 1.165) is 0 Å². The fraction of sp³-hybridized carbons (Fsp3) is 0.700. The molecule has 2 heterocycles. The normalized spacial score (nSPS) is 16.3. The number of rotatable bonds is 4. The van der Waals surface area contributed by atoms with Gasteiger partial charge in [-0.15, -0.1) is 0 Å². The Morgan fingerprint density at radius 3 is 2.55 bits per heavy atom. The Bertz CT molecular complexity index is 455. The SMILES string of the molecule is FC(F)(F)CCOc1nc(Cl)nc(N2CCOCC2)n1. The minimum atomic E-state index is -4.29. The van der Waals surface area contributed by atoms with Crippen LogP contribution in [-0.2, 0) is 4.74 Å². The quantitative estimate of drug-likeness (QED) is 0.843. The van der Waals surface area contributed by atoms with Gasteiger partial charge < -0.3 is 14.4 Å². The van der Waals surface area contributed by atoms with Crippen LogP contribution in [0.4, 0.5) is 19.1 Å². The van der Waals surface area contributed by atoms with Crippen molar-refractivity contribution in [1.82, 2.24) is 15.0 Å². The van der Waals surface area contributed by atoms with Crippen LogP contribution in [-0.4, -0.2) is 54.0 Å². The molecule has 0 saturated carbocycles. The summed E-state index contributed by atoms with van der Waals surface area (Å²) < 4.78 is 46.1. The molecule has 2 rings (SSSR count). The van der Waals surface area contributed by atoms with Gasteiger partial charge in [-0.3, -0.25) is 0 Å². The van der Waals surface area contributed by atoms with E-state index in [0.29, 0.717) is 26.3 Å². The Balaban J connectivity index is 2.00. The van der Waals surface area contributed by atoms with Gasteiger partial charge in [-0.1, -0.05) is 0 Å². The molecule has 1 aromatic rings. The van der Waals surface area contributed by atoms with Gasteiger partial charge in [0.25, 0.3) is 0 Å². The molecule has 1 aliphatic rings. The molecule has 1 aromatic heterocycles. The molecular weight excluding hydrogens is 301 g/mol. The first kappa shape index (κ1) is 15.0. The fourth-order valence-corrected chi connectivity index (χ4v) is 1.70. The molecule has 1 fully saturated rings. The first-order valence-corrected chi connectivity index (χ1v) is 6.26. The van der Waals surface area contributed by atoms with Crippen molar-refractivity contribution in [1.29, 1.82) is 0 Å². The van der Waals surface area contributed by atoms with Crippen molar-refractivity contribution in [3.05, 3.63) is 5.28 Å². The van der Waals surface area contributed by atoms with Crippen LogP contribution in [0.1, 0.15) is 6.42 Å². The Morgan fingerprint density at radius 2 is 1.90 bits per heavy atom. The third kappa shape index (κ3) is 4.64. The van der Waals surface area contributed by atoms with Gasteiger partial charge in [0.2, 0.25) is 11.2 Å². The molecule has 0 unspecified atom stereocenters. The van der Waals surface area contributed by atoms with Crippen molar-refractivity contribution < 1.29 is 22.6 Å². The third-order valence-corrected chi connectivity index (χ3v) is 2.66. The van der Waals surface area contributed by atoms with Crippen LogP contribution >= 0.6 is 11.6 Å². The van der Waals surface area contributed by atoms with Crippen molar-refractivity contribution in [2.45, 2.75) is 12.6 Å². The molecule has 0 N–H and O–H groups in total. The molecule has 0 amide bonds. The van der Waals surface area contributed by atoms with E-state index < -0.39 is 19.2 Å². The number of ether oxygens (including phenoxy) is 2. The Kier molecular flexibility index (Phi) is 4.81. The summed E-state index contributed by atoms with van der Waals surface area (Å²) in [5, 5.41) is -0.122. The lowest BCUT2D eigenvalue weighted by atomic mass is 10.4. The number of anilines is 1. The van der Waals surface area contributed by atoms with E-state index in [4.69, 9.17) is 21.1 Å². The molecule has 10 heteroatoms. The van der Waals surface area contributed by atoms with Crippen LogP contribution < -0.4 is 9.64 Å². The third-order valence-electron chi connectivity index (χ3n) is 2.49. The summed E-state index contributed by atoms with van der Waals surface area (Å²) in [4.78, 5) is 13.3. The number of aromatic nitrogens is 3. The number of hydrogen-bond donors (Lipinski definition) is 0. The monoisotopic (exact) mass is 312 g/mol. The second-order valence-corrected chi connectivity index (χ2v) is 4.34. The van der Waals surface area contributed by atoms with Gasteiger partial charge in [-0.25, -0.2) is 0 Å². The van der Waals surface area contributed by atoms with Crippen LogP contribution in [0.2, 0.25) is 5.28 Å². The minimum absolute atomic E-state index is 0.122. The Morgan fingerprint density at radius 1 is 1.20 bits per heavy atom. The van der Waals surface area contributed by atoms with Gasteiger partial charge >= 0.3 is 12.2 Å². The second-order valence-electron chi connectivity index (χ2n) is 4.00. The molecule has 0 aromatic carbocycles. The van der Waals surface area contributed by atoms with E-state index in [1.165, 1.54) is 0 Å². The summed E-state index contributed by atoms with van der Waals surface area (Å²) in [5.74, 6) is 0.273. The highest BCUT2D eigenvalue weighted by Crippen LogP contribution is 2.20. The summed E-state index contributed by atoms with van der Waals surface area (Å²) in [5.41, 5.74) is 0. The number of morpholine rings is 1. The van der Waals surface area contributed by atoms with Crippen LogP contribution in [0.3, 0.4) is 0 Å². The maximum absolute atomic E-state index is 12.0. The largest absolute Gasteiger partial charge is 0.463 e. The van der Waals surface area contributed by atoms with Crippen LogP contribution in [0.25, 0.3) is 0 Å². The Labute approximate surface area is 117 Å². The van der Waals surface area contributed by atoms with E-state index in [1.807, 2.05) is 0 Å². The maximum Gasteiger partial charge on any atom is 0.392 e. The van der Waals surface area contributed by atoms with Crippen molar-refractivity contribution in [3.8, 4) is 6.01 Å². The molecule has 0 radical (unpaired) electrons. The van der Waals surface area contributed by atoms with E-state index >= 15 is 0 Å². The van der Waals surface area contributed by atoms with Gasteiger partial charge in [0, 0.05) is 13.1 Å². The second kappa shape index (κ2) is 6.40. The molecule has 1 saturated heterocycles. The highest BCUT2D eigenvalue weighted by molar-refractivity contribution is 6.28. The average Bonchev–Trinajstić information content (AvgIpc) is 2.37. The van der Waals surface area contributed by atoms with Crippen molar-refractivity contribution in [3.63, 3.8) is 0 Å². The van der Waals surface area contributed by atoms with E-state index in [2.05, 4.69) is 15.0 Å². The predicted molar refractivity (Wildman–Crippen MR) is 64.0 cm³/mol. The topological polar surface area (TPSA) is 60.4 Å². The van der Waals surface area contributed by atoms with Gasteiger partial charge in [-0.05, 0) is 11.6 Å². The summed E-state index contributed by atoms with van der Waals surface area (Å²) in [6, 6.07) is -0.212. The summed E-state index contributed by atoms with van der Waals surface area (Å²) in [6.45, 7) is 1.62. The fourth-order valence-electron chi connectivity index (χ4n) is 1.55. The van der Waals surface area contributed by atoms with Gasteiger partial charge in [0.05, 0.1) is 19.6 Å². The highest BCUT2D eigenvalue weighted by Gasteiger charge is 2.27. The number of alkyl halides is 3. The van der Waals surface area contributed by atoms with Gasteiger partial charge in [-0.2, -0.15) is 28.1 Å². The van der Waals surface area contributed by atoms with Crippen molar-refractivity contribution >= 4 is 17.5 Å². The van der Waals surface area contributed by atoms with E-state index in [1.54, 1.807) is 4.90 Å². The highest BCUT2D eigenvalue weighted by atomic mass is 35.5. The number of halogens is 4. The lowest BCUT2D eigenvalue weighted by Gasteiger charge is -2.26. The summed E-state index contributed by atoms with van der Waals surface area (Å²) in [6.07, 6.45) is -5.37. The lowest BCUT2D eigenvalue weighted by Crippen LogP contribution is -2.37. The number of nitrogens with zero attached hydrogens (tertiary/aromatic N) is 4. The van der Waals surface area contributed by atoms with Crippen LogP contribution in [0.15, 0.2) is 0 Å². The molecule has 6 nitrogen and oxygen atoms in total. The summed E-state index contributed by atoms with van der Waals surface area (Å²) in [7, 11) is 0. The summed E-state index contributed by atoms with van der Waals surface area (Å²) >= 11 is 5.72. The first-order valence-electron chi connectivity index (χ1n) is 5.88. The molecule has 1 aliphatic heterocycles. The lowest BCUT2D eigenvalue weighted by molar-refractivity contribution is -0.139. The standard InChI is InChI=1S/C10H12ClF3N4O2/c11-7-15-8(18-2-5-19-6-3-18)17-9(16-7)20-4-1-10(12,13)14/h1-6H2. The predicted octanol–water partition coefficient (Wildman–Crippen LogP) is 1.69.